The van der Waals surface area contributed by atoms with Gasteiger partial charge in [-0.1, -0.05) is 58.3 Å². The van der Waals surface area contributed by atoms with Gasteiger partial charge in [0, 0.05) is 19.4 Å². The number of piperidine rings is 1. The third kappa shape index (κ3) is 9.80. The van der Waals surface area contributed by atoms with Gasteiger partial charge in [-0.15, -0.1) is 0 Å². The van der Waals surface area contributed by atoms with Crippen molar-refractivity contribution >= 4 is 11.9 Å². The summed E-state index contributed by atoms with van der Waals surface area (Å²) >= 11 is 0. The predicted octanol–water partition coefficient (Wildman–Crippen LogP) is 5.07. The summed E-state index contributed by atoms with van der Waals surface area (Å²) in [5.74, 6) is 0.148. The van der Waals surface area contributed by atoms with Gasteiger partial charge in [0.15, 0.2) is 6.10 Å². The van der Waals surface area contributed by atoms with Crippen LogP contribution in [0.3, 0.4) is 0 Å². The summed E-state index contributed by atoms with van der Waals surface area (Å²) in [5, 5.41) is 0. The summed E-state index contributed by atoms with van der Waals surface area (Å²) < 4.78 is 6.92. The molecule has 0 saturated carbocycles. The summed E-state index contributed by atoms with van der Waals surface area (Å²) in [4.78, 5) is 26.5. The van der Waals surface area contributed by atoms with Gasteiger partial charge in [-0.2, -0.15) is 0 Å². The van der Waals surface area contributed by atoms with E-state index in [0.29, 0.717) is 19.4 Å². The van der Waals surface area contributed by atoms with Crippen LogP contribution in [0.25, 0.3) is 0 Å². The van der Waals surface area contributed by atoms with E-state index >= 15 is 0 Å². The largest absolute Gasteiger partial charge is 0.454 e. The van der Waals surface area contributed by atoms with Crippen molar-refractivity contribution in [1.82, 2.24) is 4.90 Å². The average Bonchev–Trinajstić information content (AvgIpc) is 3.11. The first-order valence-corrected chi connectivity index (χ1v) is 12.8. The molecule has 0 bridgehead atoms. The molecule has 0 aromatic rings. The van der Waals surface area contributed by atoms with Crippen LogP contribution in [0.5, 0.6) is 0 Å². The van der Waals surface area contributed by atoms with E-state index in [9.17, 15) is 9.59 Å². The molecule has 2 fully saturated rings. The van der Waals surface area contributed by atoms with E-state index in [0.717, 1.165) is 49.9 Å². The average molecular weight is 424 g/mol. The maximum atomic E-state index is 12.5. The van der Waals surface area contributed by atoms with Crippen molar-refractivity contribution in [2.75, 3.05) is 39.8 Å². The Morgan fingerprint density at radius 3 is 2.20 bits per heavy atom. The van der Waals surface area contributed by atoms with Crippen LogP contribution < -0.4 is 0 Å². The van der Waals surface area contributed by atoms with E-state index in [1.54, 1.807) is 0 Å². The molecule has 0 spiro atoms. The number of rotatable bonds is 15. The lowest BCUT2D eigenvalue weighted by atomic mass is 10.1. The summed E-state index contributed by atoms with van der Waals surface area (Å²) in [6.45, 7) is 6.79. The fourth-order valence-electron chi connectivity index (χ4n) is 5.05. The van der Waals surface area contributed by atoms with Crippen molar-refractivity contribution in [2.24, 2.45) is 0 Å². The number of ether oxygens (including phenoxy) is 1. The highest BCUT2D eigenvalue weighted by Gasteiger charge is 2.33. The van der Waals surface area contributed by atoms with Gasteiger partial charge < -0.3 is 14.1 Å². The second-order valence-electron chi connectivity index (χ2n) is 9.94. The SMILES string of the molecule is CCCCCCCCCCCC(=O)O[C@@H](CN1CCCC1=O)C[N+]1(C)CCCCC1. The summed E-state index contributed by atoms with van der Waals surface area (Å²) in [7, 11) is 2.28. The quantitative estimate of drug-likeness (QED) is 0.210. The highest BCUT2D eigenvalue weighted by Crippen LogP contribution is 2.20. The number of hydrogen-bond acceptors (Lipinski definition) is 3. The first-order chi connectivity index (χ1) is 14.5. The zero-order chi connectivity index (χ0) is 21.7. The maximum Gasteiger partial charge on any atom is 0.306 e. The van der Waals surface area contributed by atoms with Crippen LogP contribution in [0.2, 0.25) is 0 Å². The molecule has 0 unspecified atom stereocenters. The molecule has 2 aliphatic heterocycles. The van der Waals surface area contributed by atoms with Crippen LogP contribution in [0.4, 0.5) is 0 Å². The van der Waals surface area contributed by atoms with Crippen LogP contribution in [-0.4, -0.2) is 67.1 Å². The molecule has 0 N–H and O–H groups in total. The molecular formula is C25H47N2O3+. The van der Waals surface area contributed by atoms with Gasteiger partial charge >= 0.3 is 5.97 Å². The number of carbonyl (C=O) groups is 2. The molecule has 174 valence electrons. The van der Waals surface area contributed by atoms with Gasteiger partial charge in [0.2, 0.25) is 5.91 Å². The Kier molecular flexibility index (Phi) is 11.8. The molecular weight excluding hydrogens is 376 g/mol. The minimum Gasteiger partial charge on any atom is -0.454 e. The molecule has 2 rings (SSSR count). The van der Waals surface area contributed by atoms with Gasteiger partial charge in [0.05, 0.1) is 26.7 Å². The fourth-order valence-corrected chi connectivity index (χ4v) is 5.05. The van der Waals surface area contributed by atoms with E-state index in [4.69, 9.17) is 4.74 Å². The van der Waals surface area contributed by atoms with Gasteiger partial charge in [0.1, 0.15) is 6.54 Å². The molecule has 1 atom stereocenters. The summed E-state index contributed by atoms with van der Waals surface area (Å²) in [6.07, 6.45) is 17.0. The van der Waals surface area contributed by atoms with Crippen molar-refractivity contribution in [3.63, 3.8) is 0 Å². The third-order valence-corrected chi connectivity index (χ3v) is 6.92. The summed E-state index contributed by atoms with van der Waals surface area (Å²) in [6, 6.07) is 0. The second kappa shape index (κ2) is 14.1. The Bertz CT molecular complexity index is 503. The Balaban J connectivity index is 1.70. The molecule has 2 heterocycles. The van der Waals surface area contributed by atoms with E-state index < -0.39 is 0 Å². The van der Waals surface area contributed by atoms with E-state index in [1.165, 1.54) is 64.2 Å². The minimum atomic E-state index is -0.166. The molecule has 0 aromatic carbocycles. The lowest BCUT2D eigenvalue weighted by Gasteiger charge is -2.40. The number of unbranched alkanes of at least 4 members (excludes halogenated alkanes) is 8. The fraction of sp³-hybridized carbons (Fsp3) is 0.920. The molecule has 5 nitrogen and oxygen atoms in total. The number of hydrogen-bond donors (Lipinski definition) is 0. The molecule has 1 amide bonds. The molecule has 5 heteroatoms. The van der Waals surface area contributed by atoms with Crippen molar-refractivity contribution < 1.29 is 18.8 Å². The monoisotopic (exact) mass is 423 g/mol. The Labute approximate surface area is 185 Å². The van der Waals surface area contributed by atoms with Gasteiger partial charge in [0.25, 0.3) is 0 Å². The molecule has 2 saturated heterocycles. The van der Waals surface area contributed by atoms with Gasteiger partial charge in [-0.3, -0.25) is 9.59 Å². The number of esters is 1. The smallest absolute Gasteiger partial charge is 0.306 e. The van der Waals surface area contributed by atoms with Crippen LogP contribution in [0, 0.1) is 0 Å². The van der Waals surface area contributed by atoms with Crippen molar-refractivity contribution in [3.8, 4) is 0 Å². The van der Waals surface area contributed by atoms with E-state index in [1.807, 2.05) is 4.90 Å². The van der Waals surface area contributed by atoms with Crippen LogP contribution >= 0.6 is 0 Å². The molecule has 0 aromatic heterocycles. The van der Waals surface area contributed by atoms with Gasteiger partial charge in [-0.25, -0.2) is 0 Å². The Morgan fingerprint density at radius 1 is 0.967 bits per heavy atom. The lowest BCUT2D eigenvalue weighted by molar-refractivity contribution is -0.916. The first-order valence-electron chi connectivity index (χ1n) is 12.8. The van der Waals surface area contributed by atoms with E-state index in [-0.39, 0.29) is 18.0 Å². The lowest BCUT2D eigenvalue weighted by Crippen LogP contribution is -2.54. The van der Waals surface area contributed by atoms with Crippen molar-refractivity contribution in [2.45, 2.75) is 109 Å². The maximum absolute atomic E-state index is 12.5. The van der Waals surface area contributed by atoms with Crippen LogP contribution in [0.15, 0.2) is 0 Å². The van der Waals surface area contributed by atoms with Crippen LogP contribution in [0.1, 0.15) is 103 Å². The third-order valence-electron chi connectivity index (χ3n) is 6.92. The highest BCUT2D eigenvalue weighted by molar-refractivity contribution is 5.78. The molecule has 2 aliphatic rings. The van der Waals surface area contributed by atoms with Crippen molar-refractivity contribution in [3.05, 3.63) is 0 Å². The number of nitrogens with zero attached hydrogens (tertiary/aromatic N) is 2. The molecule has 30 heavy (non-hydrogen) atoms. The van der Waals surface area contributed by atoms with Gasteiger partial charge in [-0.05, 0) is 32.1 Å². The minimum absolute atomic E-state index is 0.0711. The predicted molar refractivity (Wildman–Crippen MR) is 122 cm³/mol. The Morgan fingerprint density at radius 2 is 1.60 bits per heavy atom. The topological polar surface area (TPSA) is 46.6 Å². The van der Waals surface area contributed by atoms with E-state index in [2.05, 4.69) is 14.0 Å². The second-order valence-corrected chi connectivity index (χ2v) is 9.94. The number of amides is 1. The van der Waals surface area contributed by atoms with Crippen molar-refractivity contribution in [1.29, 1.82) is 0 Å². The molecule has 0 aliphatic carbocycles. The number of quaternary nitrogens is 1. The summed E-state index contributed by atoms with van der Waals surface area (Å²) in [5.41, 5.74) is 0. The normalized spacial score (nSPS) is 19.8. The Hall–Kier alpha value is -1.10. The standard InChI is InChI=1S/C25H47N2O3/c1-3-4-5-6-7-8-9-10-12-17-25(29)30-23(21-26-18-15-16-24(26)28)22-27(2)19-13-11-14-20-27/h23H,3-22H2,1-2H3/q+1/t23-/m0/s1. The zero-order valence-corrected chi connectivity index (χ0v) is 19.8. The number of carbonyl (C=O) groups excluding carboxylic acids is 2. The van der Waals surface area contributed by atoms with Crippen LogP contribution in [-0.2, 0) is 14.3 Å². The zero-order valence-electron chi connectivity index (χ0n) is 19.8. The molecule has 0 radical (unpaired) electrons. The number of likely N-dealkylation sites (tertiary alicyclic amines) is 2. The highest BCUT2D eigenvalue weighted by atomic mass is 16.5. The number of likely N-dealkylation sites (N-methyl/N-ethyl adjacent to an activating group) is 1. The first kappa shape index (κ1) is 25.2.